The molecule has 0 unspecified atom stereocenters. The molecule has 202 valence electrons. The summed E-state index contributed by atoms with van der Waals surface area (Å²) in [5, 5.41) is 8.40. The number of amides is 2. The molecule has 2 saturated carbocycles. The lowest BCUT2D eigenvalue weighted by Gasteiger charge is -2.26. The van der Waals surface area contributed by atoms with Crippen molar-refractivity contribution in [2.75, 3.05) is 13.2 Å². The Labute approximate surface area is 222 Å². The van der Waals surface area contributed by atoms with Gasteiger partial charge in [0.05, 0.1) is 18.2 Å². The number of ketones is 2. The second-order valence-corrected chi connectivity index (χ2v) is 11.6. The summed E-state index contributed by atoms with van der Waals surface area (Å²) in [5.74, 6) is 0.177. The van der Waals surface area contributed by atoms with Gasteiger partial charge in [0.25, 0.3) is 0 Å². The quantitative estimate of drug-likeness (QED) is 0.620. The van der Waals surface area contributed by atoms with Crippen LogP contribution in [0.25, 0.3) is 10.9 Å². The van der Waals surface area contributed by atoms with E-state index in [0.717, 1.165) is 48.6 Å². The van der Waals surface area contributed by atoms with Crippen LogP contribution in [-0.2, 0) is 32.2 Å². The molecule has 1 aromatic carbocycles. The molecular formula is C29H36N4O5. The first-order valence-electron chi connectivity index (χ1n) is 14.0. The fourth-order valence-corrected chi connectivity index (χ4v) is 6.55. The SMILES string of the molecule is CCC(=O)[C@@H]1C[C@]23COCCCCC(=O)NCc4cc(C5CC5)cc5c(C(C)=O)nn(c45)CC(=O)N1[C@@H]2C3. The Morgan fingerprint density at radius 1 is 1.18 bits per heavy atom. The summed E-state index contributed by atoms with van der Waals surface area (Å²) >= 11 is 0. The first-order valence-corrected chi connectivity index (χ1v) is 14.0. The third-order valence-electron chi connectivity index (χ3n) is 8.85. The molecule has 2 amide bonds. The van der Waals surface area contributed by atoms with E-state index in [2.05, 4.69) is 16.5 Å². The molecule has 9 nitrogen and oxygen atoms in total. The molecule has 3 fully saturated rings. The van der Waals surface area contributed by atoms with Crippen LogP contribution in [0.4, 0.5) is 0 Å². The number of benzene rings is 1. The molecule has 9 heteroatoms. The highest BCUT2D eigenvalue weighted by atomic mass is 16.5. The second kappa shape index (κ2) is 9.59. The molecule has 6 rings (SSSR count). The lowest BCUT2D eigenvalue weighted by Crippen LogP contribution is -2.44. The van der Waals surface area contributed by atoms with E-state index in [-0.39, 0.29) is 41.4 Å². The molecule has 0 radical (unpaired) electrons. The first-order chi connectivity index (χ1) is 18.3. The van der Waals surface area contributed by atoms with Crippen LogP contribution in [0, 0.1) is 5.41 Å². The third kappa shape index (κ3) is 4.44. The number of aromatic nitrogens is 2. The number of carbonyl (C=O) groups is 4. The molecule has 1 N–H and O–H groups in total. The molecular weight excluding hydrogens is 484 g/mol. The predicted octanol–water partition coefficient (Wildman–Crippen LogP) is 3.27. The van der Waals surface area contributed by atoms with Crippen molar-refractivity contribution in [2.45, 2.75) is 96.3 Å². The first kappa shape index (κ1) is 25.2. The minimum Gasteiger partial charge on any atom is -0.381 e. The van der Waals surface area contributed by atoms with Crippen molar-refractivity contribution in [1.29, 1.82) is 0 Å². The minimum atomic E-state index is -0.442. The monoisotopic (exact) mass is 520 g/mol. The molecule has 1 aromatic heterocycles. The number of nitrogens with zero attached hydrogens (tertiary/aromatic N) is 3. The van der Waals surface area contributed by atoms with E-state index in [1.807, 2.05) is 13.0 Å². The summed E-state index contributed by atoms with van der Waals surface area (Å²) < 4.78 is 7.62. The second-order valence-electron chi connectivity index (χ2n) is 11.6. The Kier molecular flexibility index (Phi) is 6.37. The molecule has 3 atom stereocenters. The van der Waals surface area contributed by atoms with Gasteiger partial charge < -0.3 is 15.0 Å². The minimum absolute atomic E-state index is 0.00975. The summed E-state index contributed by atoms with van der Waals surface area (Å²) in [6.45, 7) is 4.66. The van der Waals surface area contributed by atoms with Crippen LogP contribution in [0.1, 0.15) is 92.7 Å². The maximum atomic E-state index is 13.9. The number of rotatable bonds is 4. The third-order valence-corrected chi connectivity index (χ3v) is 8.85. The molecule has 1 saturated heterocycles. The van der Waals surface area contributed by atoms with E-state index >= 15 is 0 Å². The van der Waals surface area contributed by atoms with Crippen LogP contribution in [0.5, 0.6) is 0 Å². The summed E-state index contributed by atoms with van der Waals surface area (Å²) in [7, 11) is 0. The zero-order valence-corrected chi connectivity index (χ0v) is 22.3. The number of piperidine rings is 1. The van der Waals surface area contributed by atoms with Crippen LogP contribution in [0.3, 0.4) is 0 Å². The van der Waals surface area contributed by atoms with Gasteiger partial charge >= 0.3 is 0 Å². The zero-order chi connectivity index (χ0) is 26.6. The highest BCUT2D eigenvalue weighted by Gasteiger charge is 2.66. The van der Waals surface area contributed by atoms with Gasteiger partial charge in [-0.05, 0) is 61.6 Å². The molecule has 0 spiro atoms. The van der Waals surface area contributed by atoms with E-state index in [9.17, 15) is 19.2 Å². The number of nitrogens with one attached hydrogen (secondary N) is 1. The van der Waals surface area contributed by atoms with Crippen LogP contribution in [0.15, 0.2) is 12.1 Å². The average molecular weight is 521 g/mol. The van der Waals surface area contributed by atoms with Crippen molar-refractivity contribution >= 4 is 34.3 Å². The molecule has 2 aliphatic heterocycles. The smallest absolute Gasteiger partial charge is 0.245 e. The molecule has 2 bridgehead atoms. The standard InChI is InChI=1S/C29H36N4O5/c1-3-23(35)22-12-29-13-24(29)33(22)26(37)15-32-28-20(14-30-25(36)6-4-5-9-38-16-29)10-19(18-7-8-18)11-21(28)27(31-32)17(2)34/h10-11,18,22,24H,3-9,12-16H2,1-2H3,(H,30,36)/t22-,24+,29-/m0/s1. The zero-order valence-electron chi connectivity index (χ0n) is 22.3. The Bertz CT molecular complexity index is 1330. The van der Waals surface area contributed by atoms with E-state index in [1.54, 1.807) is 9.58 Å². The van der Waals surface area contributed by atoms with Crippen molar-refractivity contribution < 1.29 is 23.9 Å². The average Bonchev–Trinajstić information content (AvgIpc) is 3.80. The van der Waals surface area contributed by atoms with E-state index < -0.39 is 6.04 Å². The summed E-state index contributed by atoms with van der Waals surface area (Å²) in [4.78, 5) is 53.8. The van der Waals surface area contributed by atoms with Crippen LogP contribution < -0.4 is 5.32 Å². The van der Waals surface area contributed by atoms with Crippen molar-refractivity contribution in [1.82, 2.24) is 20.0 Å². The van der Waals surface area contributed by atoms with Gasteiger partial charge in [-0.3, -0.25) is 23.9 Å². The predicted molar refractivity (Wildman–Crippen MR) is 140 cm³/mol. The fourth-order valence-electron chi connectivity index (χ4n) is 6.55. The number of carbonyl (C=O) groups excluding carboxylic acids is 4. The number of hydrogen-bond acceptors (Lipinski definition) is 6. The highest BCUT2D eigenvalue weighted by Crippen LogP contribution is 2.60. The maximum absolute atomic E-state index is 13.9. The molecule has 2 aliphatic carbocycles. The highest BCUT2D eigenvalue weighted by molar-refractivity contribution is 6.06. The van der Waals surface area contributed by atoms with Crippen molar-refractivity contribution in [3.8, 4) is 0 Å². The molecule has 3 heterocycles. The van der Waals surface area contributed by atoms with Crippen LogP contribution >= 0.6 is 0 Å². The molecule has 4 aliphatic rings. The van der Waals surface area contributed by atoms with Gasteiger partial charge in [0.15, 0.2) is 11.6 Å². The van der Waals surface area contributed by atoms with Crippen molar-refractivity contribution in [3.05, 3.63) is 29.0 Å². The Hall–Kier alpha value is -3.07. The lowest BCUT2D eigenvalue weighted by molar-refractivity contribution is -0.139. The number of ether oxygens (including phenoxy) is 1. The van der Waals surface area contributed by atoms with Crippen molar-refractivity contribution in [3.63, 3.8) is 0 Å². The molecule has 38 heavy (non-hydrogen) atoms. The van der Waals surface area contributed by atoms with E-state index in [4.69, 9.17) is 4.74 Å². The Morgan fingerprint density at radius 2 is 2.00 bits per heavy atom. The van der Waals surface area contributed by atoms with Gasteiger partial charge in [0.1, 0.15) is 12.2 Å². The summed E-state index contributed by atoms with van der Waals surface area (Å²) in [5.41, 5.74) is 2.89. The van der Waals surface area contributed by atoms with Gasteiger partial charge in [0.2, 0.25) is 11.8 Å². The van der Waals surface area contributed by atoms with Gasteiger partial charge in [-0.2, -0.15) is 5.10 Å². The van der Waals surface area contributed by atoms with Crippen molar-refractivity contribution in [2.24, 2.45) is 5.41 Å². The Morgan fingerprint density at radius 3 is 2.74 bits per heavy atom. The number of Topliss-reactive ketones (excluding diaryl/α,β-unsaturated/α-hetero) is 2. The maximum Gasteiger partial charge on any atom is 0.245 e. The van der Waals surface area contributed by atoms with Gasteiger partial charge in [-0.25, -0.2) is 0 Å². The van der Waals surface area contributed by atoms with E-state index in [1.165, 1.54) is 6.92 Å². The topological polar surface area (TPSA) is 111 Å². The summed E-state index contributed by atoms with van der Waals surface area (Å²) in [6.07, 6.45) is 5.98. The fraction of sp³-hybridized carbons (Fsp3) is 0.621. The largest absolute Gasteiger partial charge is 0.381 e. The number of hydrogen-bond donors (Lipinski definition) is 1. The van der Waals surface area contributed by atoms with Gasteiger partial charge in [-0.15, -0.1) is 0 Å². The Balaban J connectivity index is 1.42. The normalized spacial score (nSPS) is 28.1. The molecule has 2 aromatic rings. The van der Waals surface area contributed by atoms with Crippen LogP contribution in [-0.4, -0.2) is 63.4 Å². The van der Waals surface area contributed by atoms with E-state index in [0.29, 0.717) is 56.1 Å². The van der Waals surface area contributed by atoms with Gasteiger partial charge in [-0.1, -0.05) is 13.0 Å². The lowest BCUT2D eigenvalue weighted by atomic mass is 9.97. The van der Waals surface area contributed by atoms with Gasteiger partial charge in [0, 0.05) is 49.8 Å². The van der Waals surface area contributed by atoms with Crippen LogP contribution in [0.2, 0.25) is 0 Å². The summed E-state index contributed by atoms with van der Waals surface area (Å²) in [6, 6.07) is 3.68.